The molecule has 7 heteroatoms. The molecule has 1 saturated heterocycles. The van der Waals surface area contributed by atoms with Crippen molar-refractivity contribution >= 4 is 23.3 Å². The van der Waals surface area contributed by atoms with E-state index in [-0.39, 0.29) is 5.91 Å². The minimum atomic E-state index is -1.76. The Morgan fingerprint density at radius 2 is 2.00 bits per heavy atom. The third-order valence-electron chi connectivity index (χ3n) is 3.87. The Morgan fingerprint density at radius 1 is 1.39 bits per heavy atom. The predicted molar refractivity (Wildman–Crippen MR) is 81.3 cm³/mol. The quantitative estimate of drug-likeness (QED) is 0.640. The van der Waals surface area contributed by atoms with Crippen LogP contribution in [0.5, 0.6) is 0 Å². The molecule has 1 heterocycles. The van der Waals surface area contributed by atoms with Crippen LogP contribution in [0.3, 0.4) is 0 Å². The minimum Gasteiger partial charge on any atom is -0.450 e. The topological polar surface area (TPSA) is 113 Å². The SMILES string of the molecule is CC(=O)C(C)(N)C(=O)OC1CCN(c2ccc(C#N)cc2)C1=O. The number of nitriles is 1. The lowest BCUT2D eigenvalue weighted by atomic mass is 9.99. The zero-order valence-electron chi connectivity index (χ0n) is 12.9. The first kappa shape index (κ1) is 16.6. The second-order valence-corrected chi connectivity index (χ2v) is 5.59. The molecule has 1 aliphatic rings. The Hall–Kier alpha value is -2.72. The van der Waals surface area contributed by atoms with E-state index in [1.807, 2.05) is 6.07 Å². The van der Waals surface area contributed by atoms with Gasteiger partial charge in [-0.25, -0.2) is 4.79 Å². The van der Waals surface area contributed by atoms with Crippen LogP contribution >= 0.6 is 0 Å². The second-order valence-electron chi connectivity index (χ2n) is 5.59. The summed E-state index contributed by atoms with van der Waals surface area (Å²) in [5.41, 5.74) is 4.97. The smallest absolute Gasteiger partial charge is 0.334 e. The number of Topliss-reactive ketones (excluding diaryl/α,β-unsaturated/α-hetero) is 1. The Kier molecular flexibility index (Phi) is 4.48. The molecule has 0 aromatic heterocycles. The first-order valence-corrected chi connectivity index (χ1v) is 7.10. The first-order chi connectivity index (χ1) is 10.8. The van der Waals surface area contributed by atoms with Gasteiger partial charge in [0.25, 0.3) is 5.91 Å². The Balaban J connectivity index is 2.08. The van der Waals surface area contributed by atoms with Gasteiger partial charge < -0.3 is 15.4 Å². The van der Waals surface area contributed by atoms with Crippen LogP contribution < -0.4 is 10.6 Å². The van der Waals surface area contributed by atoms with Crippen molar-refractivity contribution in [2.75, 3.05) is 11.4 Å². The molecule has 0 bridgehead atoms. The number of amides is 1. The van der Waals surface area contributed by atoms with Crippen molar-refractivity contribution in [1.82, 2.24) is 0 Å². The molecule has 7 nitrogen and oxygen atoms in total. The van der Waals surface area contributed by atoms with Crippen molar-refractivity contribution in [3.63, 3.8) is 0 Å². The van der Waals surface area contributed by atoms with Crippen LogP contribution in [0.15, 0.2) is 24.3 Å². The summed E-state index contributed by atoms with van der Waals surface area (Å²) >= 11 is 0. The highest BCUT2D eigenvalue weighted by atomic mass is 16.6. The van der Waals surface area contributed by atoms with E-state index in [0.717, 1.165) is 0 Å². The molecule has 2 N–H and O–H groups in total. The molecular formula is C16H17N3O4. The fraction of sp³-hybridized carbons (Fsp3) is 0.375. The first-order valence-electron chi connectivity index (χ1n) is 7.10. The average molecular weight is 315 g/mol. The maximum absolute atomic E-state index is 12.4. The monoisotopic (exact) mass is 315 g/mol. The summed E-state index contributed by atoms with van der Waals surface area (Å²) in [6, 6.07) is 8.52. The van der Waals surface area contributed by atoms with Crippen LogP contribution in [0.25, 0.3) is 0 Å². The standard InChI is InChI=1S/C16H17N3O4/c1-10(20)16(2,18)15(22)23-13-7-8-19(14(13)21)12-5-3-11(9-17)4-6-12/h3-6,13H,7-8,18H2,1-2H3. The van der Waals surface area contributed by atoms with Gasteiger partial charge in [-0.15, -0.1) is 0 Å². The van der Waals surface area contributed by atoms with E-state index >= 15 is 0 Å². The summed E-state index contributed by atoms with van der Waals surface area (Å²) in [5.74, 6) is -1.82. The van der Waals surface area contributed by atoms with Crippen molar-refractivity contribution in [2.45, 2.75) is 31.9 Å². The van der Waals surface area contributed by atoms with Crippen LogP contribution in [0, 0.1) is 11.3 Å². The molecular weight excluding hydrogens is 298 g/mol. The number of carbonyl (C=O) groups is 3. The highest BCUT2D eigenvalue weighted by Crippen LogP contribution is 2.24. The number of nitrogens with zero attached hydrogens (tertiary/aromatic N) is 2. The molecule has 2 rings (SSSR count). The van der Waals surface area contributed by atoms with E-state index in [2.05, 4.69) is 0 Å². The lowest BCUT2D eigenvalue weighted by Gasteiger charge is -2.22. The molecule has 2 atom stereocenters. The van der Waals surface area contributed by atoms with E-state index in [4.69, 9.17) is 15.7 Å². The molecule has 1 aromatic carbocycles. The number of hydrogen-bond donors (Lipinski definition) is 1. The molecule has 2 unspecified atom stereocenters. The molecule has 1 amide bonds. The van der Waals surface area contributed by atoms with Gasteiger partial charge in [0.15, 0.2) is 17.4 Å². The van der Waals surface area contributed by atoms with Crippen molar-refractivity contribution in [1.29, 1.82) is 5.26 Å². The van der Waals surface area contributed by atoms with Gasteiger partial charge in [-0.2, -0.15) is 5.26 Å². The zero-order chi connectivity index (χ0) is 17.2. The van der Waals surface area contributed by atoms with Crippen LogP contribution in [0.1, 0.15) is 25.8 Å². The maximum atomic E-state index is 12.4. The van der Waals surface area contributed by atoms with Gasteiger partial charge in [0.1, 0.15) is 0 Å². The van der Waals surface area contributed by atoms with Gasteiger partial charge in [-0.3, -0.25) is 9.59 Å². The van der Waals surface area contributed by atoms with Crippen LogP contribution in [0.4, 0.5) is 5.69 Å². The van der Waals surface area contributed by atoms with Crippen LogP contribution in [-0.2, 0) is 19.1 Å². The van der Waals surface area contributed by atoms with Gasteiger partial charge in [0.2, 0.25) is 0 Å². The van der Waals surface area contributed by atoms with Gasteiger partial charge in [0, 0.05) is 18.7 Å². The number of hydrogen-bond acceptors (Lipinski definition) is 6. The Bertz CT molecular complexity index is 688. The van der Waals surface area contributed by atoms with E-state index in [0.29, 0.717) is 24.2 Å². The molecule has 1 fully saturated rings. The van der Waals surface area contributed by atoms with Gasteiger partial charge >= 0.3 is 5.97 Å². The summed E-state index contributed by atoms with van der Waals surface area (Å²) < 4.78 is 5.12. The normalized spacial score (nSPS) is 19.8. The number of carbonyl (C=O) groups excluding carboxylic acids is 3. The summed E-state index contributed by atoms with van der Waals surface area (Å²) in [5, 5.41) is 8.78. The van der Waals surface area contributed by atoms with Gasteiger partial charge in [-0.1, -0.05) is 0 Å². The number of nitrogens with two attached hydrogens (primary N) is 1. The largest absolute Gasteiger partial charge is 0.450 e. The van der Waals surface area contributed by atoms with Crippen LogP contribution in [0.2, 0.25) is 0 Å². The average Bonchev–Trinajstić information content (AvgIpc) is 2.88. The molecule has 0 aliphatic carbocycles. The lowest BCUT2D eigenvalue weighted by molar-refractivity contribution is -0.160. The molecule has 1 aliphatic heterocycles. The zero-order valence-corrected chi connectivity index (χ0v) is 12.9. The van der Waals surface area contributed by atoms with E-state index < -0.39 is 23.4 Å². The number of benzene rings is 1. The number of rotatable bonds is 4. The maximum Gasteiger partial charge on any atom is 0.334 e. The van der Waals surface area contributed by atoms with Crippen molar-refractivity contribution < 1.29 is 19.1 Å². The molecule has 120 valence electrons. The fourth-order valence-corrected chi connectivity index (χ4v) is 2.13. The molecule has 0 radical (unpaired) electrons. The molecule has 1 aromatic rings. The van der Waals surface area contributed by atoms with Gasteiger partial charge in [-0.05, 0) is 38.1 Å². The van der Waals surface area contributed by atoms with Crippen molar-refractivity contribution in [3.05, 3.63) is 29.8 Å². The Labute approximate surface area is 133 Å². The molecule has 0 spiro atoms. The third kappa shape index (κ3) is 3.22. The van der Waals surface area contributed by atoms with E-state index in [1.165, 1.54) is 18.7 Å². The summed E-state index contributed by atoms with van der Waals surface area (Å²) in [7, 11) is 0. The molecule has 0 saturated carbocycles. The van der Waals surface area contributed by atoms with Gasteiger partial charge in [0.05, 0.1) is 11.6 Å². The lowest BCUT2D eigenvalue weighted by Crippen LogP contribution is -2.53. The number of ketones is 1. The fourth-order valence-electron chi connectivity index (χ4n) is 2.13. The Morgan fingerprint density at radius 3 is 2.52 bits per heavy atom. The number of esters is 1. The summed E-state index contributed by atoms with van der Waals surface area (Å²) in [6.45, 7) is 2.83. The molecule has 23 heavy (non-hydrogen) atoms. The van der Waals surface area contributed by atoms with E-state index in [9.17, 15) is 14.4 Å². The highest BCUT2D eigenvalue weighted by molar-refractivity contribution is 6.08. The predicted octanol–water partition coefficient (Wildman–Crippen LogP) is 0.513. The van der Waals surface area contributed by atoms with Crippen LogP contribution in [-0.4, -0.2) is 35.8 Å². The minimum absolute atomic E-state index is 0.318. The van der Waals surface area contributed by atoms with Crippen molar-refractivity contribution in [2.24, 2.45) is 5.73 Å². The number of anilines is 1. The third-order valence-corrected chi connectivity index (χ3v) is 3.87. The summed E-state index contributed by atoms with van der Waals surface area (Å²) in [4.78, 5) is 37.1. The number of ether oxygens (including phenoxy) is 1. The highest BCUT2D eigenvalue weighted by Gasteiger charge is 2.41. The summed E-state index contributed by atoms with van der Waals surface area (Å²) in [6.07, 6.45) is -0.640. The van der Waals surface area contributed by atoms with E-state index in [1.54, 1.807) is 24.3 Å². The van der Waals surface area contributed by atoms with Crippen molar-refractivity contribution in [3.8, 4) is 6.07 Å². The second kappa shape index (κ2) is 6.18.